The summed E-state index contributed by atoms with van der Waals surface area (Å²) >= 11 is 0. The van der Waals surface area contributed by atoms with E-state index in [9.17, 15) is 44.7 Å². The zero-order chi connectivity index (χ0) is 66.1. The number of aliphatic hydroxyl groups excluding tert-OH is 3. The number of ether oxygens (including phenoxy) is 7. The van der Waals surface area contributed by atoms with Crippen molar-refractivity contribution in [3.05, 3.63) is 23.8 Å². The fraction of sp³-hybridized carbons (Fsp3) is 0.884. The van der Waals surface area contributed by atoms with Crippen LogP contribution in [0.1, 0.15) is 200 Å². The molecule has 7 N–H and O–H groups in total. The number of hydrogen-bond acceptors (Lipinski definition) is 17. The molecule has 510 valence electrons. The molecule has 0 bridgehead atoms. The first kappa shape index (κ1) is 73.4. The summed E-state index contributed by atoms with van der Waals surface area (Å²) in [6, 6.07) is -1.28. The first-order chi connectivity index (χ1) is 41.6. The van der Waals surface area contributed by atoms with Crippen molar-refractivity contribution in [1.29, 1.82) is 0 Å². The molecule has 89 heavy (non-hydrogen) atoms. The number of halogens is 1. The Morgan fingerprint density at radius 3 is 2.12 bits per heavy atom. The number of amides is 2. The predicted octanol–water partition coefficient (Wildman–Crippen LogP) is 7.97. The number of hydrogen-bond donors (Lipinski definition) is 7. The van der Waals surface area contributed by atoms with Crippen LogP contribution in [0.25, 0.3) is 0 Å². The van der Waals surface area contributed by atoms with Gasteiger partial charge in [0.05, 0.1) is 48.1 Å². The lowest BCUT2D eigenvalue weighted by Gasteiger charge is -2.61. The summed E-state index contributed by atoms with van der Waals surface area (Å²) in [7, 11) is 5.00. The van der Waals surface area contributed by atoms with Crippen molar-refractivity contribution >= 4 is 23.6 Å². The van der Waals surface area contributed by atoms with Crippen molar-refractivity contribution in [2.75, 3.05) is 34.4 Å². The molecule has 26 atom stereocenters. The van der Waals surface area contributed by atoms with Gasteiger partial charge in [-0.25, -0.2) is 4.39 Å². The summed E-state index contributed by atoms with van der Waals surface area (Å²) in [6.45, 7) is 26.5. The first-order valence-electron chi connectivity index (χ1n) is 33.9. The van der Waals surface area contributed by atoms with Crippen LogP contribution >= 0.6 is 0 Å². The van der Waals surface area contributed by atoms with Crippen LogP contribution in [-0.2, 0) is 52.3 Å². The first-order valence-corrected chi connectivity index (χ1v) is 33.9. The second-order valence-corrected chi connectivity index (χ2v) is 29.7. The molecule has 3 saturated carbocycles. The second kappa shape index (κ2) is 28.9. The summed E-state index contributed by atoms with van der Waals surface area (Å²) in [5.41, 5.74) is -8.76. The molecule has 19 nitrogen and oxygen atoms in total. The van der Waals surface area contributed by atoms with Gasteiger partial charge in [0.1, 0.15) is 35.1 Å². The average Bonchev–Trinajstić information content (AvgIpc) is 1.68. The van der Waals surface area contributed by atoms with Crippen LogP contribution in [0, 0.1) is 52.3 Å². The molecule has 4 aliphatic carbocycles. The van der Waals surface area contributed by atoms with Crippen molar-refractivity contribution in [1.82, 2.24) is 15.5 Å². The van der Waals surface area contributed by atoms with Gasteiger partial charge in [-0.1, -0.05) is 91.7 Å². The molecule has 3 heterocycles. The van der Waals surface area contributed by atoms with Crippen LogP contribution in [0.15, 0.2) is 23.8 Å². The van der Waals surface area contributed by atoms with E-state index in [-0.39, 0.29) is 67.3 Å². The molecule has 7 rings (SSSR count). The maximum atomic E-state index is 17.6. The van der Waals surface area contributed by atoms with Gasteiger partial charge >= 0.3 is 5.97 Å². The van der Waals surface area contributed by atoms with Gasteiger partial charge < -0.3 is 74.2 Å². The Bertz CT molecular complexity index is 2500. The standard InChI is InChI=1S/C69H116FN3O16/c1-18-52-67(14,81)57(77)44(8)72-59(78)40(4)36-65(12,83-16)58(89-62-55(76)50(73(15)19-2)34-41(5)85-62)42(6)56(43(7)61(80)87-52)88-53-38-66(13,84-17)68(82,45(9)86-53)30-25-23-21-20-22-24-26-32-71-60(79)54-39(3)33-49-48-28-27-46-35-47(74)29-31-64(46,11)69(48,70)51(75)37-63(49,54)10/h29,31,35,39-45,48-58,62,75-77,81-82H,18-28,30,32-34,36-38H2,1-17H3,(H,71,79)(H,72,78)/t39-,40-,41-,42+,43-,44-,45+,48?,49?,50+,51+,52-,53?,54-,55-,56+,57-,58-,62?,63+,64+,65-,66-,67-,68+,69+/m1/s1. The number of likely N-dealkylation sites (N-methyl/N-ethyl adjacent to an activating group) is 1. The number of allylic oxidation sites excluding steroid dienone is 4. The number of nitrogens with one attached hydrogen (secondary N) is 2. The Labute approximate surface area is 531 Å². The van der Waals surface area contributed by atoms with Gasteiger partial charge in [-0.3, -0.25) is 19.2 Å². The Morgan fingerprint density at radius 2 is 1.49 bits per heavy atom. The van der Waals surface area contributed by atoms with Gasteiger partial charge in [-0.05, 0) is 156 Å². The van der Waals surface area contributed by atoms with Crippen molar-refractivity contribution in [2.45, 2.75) is 301 Å². The number of aliphatic hydroxyl groups is 5. The van der Waals surface area contributed by atoms with E-state index in [0.29, 0.717) is 45.2 Å². The molecule has 4 unspecified atom stereocenters. The van der Waals surface area contributed by atoms with Crippen LogP contribution in [0.3, 0.4) is 0 Å². The van der Waals surface area contributed by atoms with Crippen LogP contribution < -0.4 is 10.6 Å². The van der Waals surface area contributed by atoms with Crippen LogP contribution in [0.5, 0.6) is 0 Å². The topological polar surface area (TPSA) is 261 Å². The number of unbranched alkanes of at least 4 members (excludes halogenated alkanes) is 6. The lowest BCUT2D eigenvalue weighted by Crippen LogP contribution is -2.67. The van der Waals surface area contributed by atoms with Crippen LogP contribution in [0.2, 0.25) is 0 Å². The van der Waals surface area contributed by atoms with Gasteiger partial charge in [0.15, 0.2) is 24.0 Å². The third kappa shape index (κ3) is 14.2. The van der Waals surface area contributed by atoms with E-state index in [1.54, 1.807) is 53.9 Å². The van der Waals surface area contributed by atoms with Crippen LogP contribution in [0.4, 0.5) is 4.39 Å². The van der Waals surface area contributed by atoms with E-state index in [0.717, 1.165) is 50.5 Å². The monoisotopic (exact) mass is 1260 g/mol. The SMILES string of the molecule is CC[C@H]1OC(=O)[C@H](C)[C@@H](OC2C[C@@](C)(OC)[C@](O)(CCCCCCCCCNC(=O)[C@H]3[C@H](C)CC4C5CCC6=CC(=O)C=C[C@]6(C)[C@@]5(F)[C@@H](O)C[C@@]43C)[C@H](C)O2)[C@H](C)[C@@H](OC2O[C@H](C)C[C@H](N(C)CC)[C@H]2O)[C@](C)(OC)C[C@@H](C)C(=O)N[C@H](C)[C@@H](O)[C@]1(C)O. The van der Waals surface area contributed by atoms with Gasteiger partial charge in [0, 0.05) is 62.3 Å². The highest BCUT2D eigenvalue weighted by atomic mass is 19.1. The van der Waals surface area contributed by atoms with E-state index >= 15 is 4.39 Å². The summed E-state index contributed by atoms with van der Waals surface area (Å²) in [6.07, 6.45) is 3.39. The fourth-order valence-corrected chi connectivity index (χ4v) is 18.0. The van der Waals surface area contributed by atoms with E-state index < -0.39 is 136 Å². The highest BCUT2D eigenvalue weighted by Gasteiger charge is 2.72. The number of carbonyl (C=O) groups is 4. The van der Waals surface area contributed by atoms with Gasteiger partial charge in [0.25, 0.3) is 0 Å². The maximum absolute atomic E-state index is 17.6. The van der Waals surface area contributed by atoms with E-state index in [1.165, 1.54) is 20.1 Å². The maximum Gasteiger partial charge on any atom is 0.311 e. The molecule has 7 aliphatic rings. The highest BCUT2D eigenvalue weighted by molar-refractivity contribution is 6.01. The minimum atomic E-state index is -2.00. The van der Waals surface area contributed by atoms with Crippen molar-refractivity contribution in [3.8, 4) is 0 Å². The van der Waals surface area contributed by atoms with Crippen molar-refractivity contribution < 1.29 is 82.3 Å². The number of fused-ring (bicyclic) bond motifs is 5. The number of methoxy groups -OCH3 is 2. The van der Waals surface area contributed by atoms with Crippen LogP contribution in [-0.4, -0.2) is 190 Å². The summed E-state index contributed by atoms with van der Waals surface area (Å²) < 4.78 is 63.6. The number of alkyl halides is 1. The molecule has 2 amide bonds. The molecular formula is C69H116FN3O16. The number of esters is 1. The number of ketones is 1. The Kier molecular flexibility index (Phi) is 23.9. The quantitative estimate of drug-likeness (QED) is 0.0450. The minimum Gasteiger partial charge on any atom is -0.459 e. The third-order valence-electron chi connectivity index (χ3n) is 23.8. The lowest BCUT2D eigenvalue weighted by atomic mass is 9.45. The zero-order valence-corrected chi connectivity index (χ0v) is 57.0. The van der Waals surface area contributed by atoms with Gasteiger partial charge in [-0.15, -0.1) is 0 Å². The predicted molar refractivity (Wildman–Crippen MR) is 334 cm³/mol. The summed E-state index contributed by atoms with van der Waals surface area (Å²) in [5, 5.41) is 66.0. The molecular weight excluding hydrogens is 1150 g/mol. The average molecular weight is 1260 g/mol. The van der Waals surface area contributed by atoms with Crippen molar-refractivity contribution in [2.24, 2.45) is 52.3 Å². The minimum absolute atomic E-state index is 0.0216. The fourth-order valence-electron chi connectivity index (χ4n) is 18.0. The number of nitrogens with zero attached hydrogens (tertiary/aromatic N) is 1. The molecule has 20 heteroatoms. The smallest absolute Gasteiger partial charge is 0.311 e. The lowest BCUT2D eigenvalue weighted by molar-refractivity contribution is -0.339. The molecule has 0 aromatic heterocycles. The zero-order valence-electron chi connectivity index (χ0n) is 57.0. The summed E-state index contributed by atoms with van der Waals surface area (Å²) in [5.74, 6) is -4.77. The number of rotatable bonds is 20. The second-order valence-electron chi connectivity index (χ2n) is 29.7. The number of carbonyl (C=O) groups excluding carboxylic acids is 4. The van der Waals surface area contributed by atoms with E-state index in [4.69, 9.17) is 33.2 Å². The molecule has 0 spiro atoms. The molecule has 0 aromatic carbocycles. The molecule has 3 saturated heterocycles. The number of cyclic esters (lactones) is 1. The molecule has 6 fully saturated rings. The van der Waals surface area contributed by atoms with Gasteiger partial charge in [-0.2, -0.15) is 0 Å². The highest BCUT2D eigenvalue weighted by Crippen LogP contribution is 2.70. The Balaban J connectivity index is 0.984. The Hall–Kier alpha value is -2.99. The summed E-state index contributed by atoms with van der Waals surface area (Å²) in [4.78, 5) is 57.2. The third-order valence-corrected chi connectivity index (χ3v) is 23.8. The molecule has 3 aliphatic heterocycles. The van der Waals surface area contributed by atoms with E-state index in [1.807, 2.05) is 53.5 Å². The van der Waals surface area contributed by atoms with E-state index in [2.05, 4.69) is 24.5 Å². The normalized spacial score (nSPS) is 46.6. The van der Waals surface area contributed by atoms with Crippen molar-refractivity contribution in [3.63, 3.8) is 0 Å². The van der Waals surface area contributed by atoms with Gasteiger partial charge in [0.2, 0.25) is 11.8 Å². The molecule has 0 radical (unpaired) electrons. The Morgan fingerprint density at radius 1 is 0.843 bits per heavy atom. The molecule has 0 aromatic rings. The largest absolute Gasteiger partial charge is 0.459 e.